The summed E-state index contributed by atoms with van der Waals surface area (Å²) in [5.41, 5.74) is 12.3. The molecule has 1 aromatic heterocycles. The van der Waals surface area contributed by atoms with Gasteiger partial charge in [-0.15, -0.1) is 0 Å². The molecule has 0 fully saturated rings. The molecule has 32 heavy (non-hydrogen) atoms. The van der Waals surface area contributed by atoms with Gasteiger partial charge in [-0.25, -0.2) is 9.97 Å². The van der Waals surface area contributed by atoms with Crippen molar-refractivity contribution in [2.75, 3.05) is 5.32 Å². The van der Waals surface area contributed by atoms with E-state index in [2.05, 4.69) is 45.7 Å². The van der Waals surface area contributed by atoms with E-state index in [0.29, 0.717) is 27.5 Å². The number of thiocarbonyl (C=S) groups is 1. The fourth-order valence-corrected chi connectivity index (χ4v) is 3.60. The summed E-state index contributed by atoms with van der Waals surface area (Å²) in [6, 6.07) is 19.6. The Morgan fingerprint density at radius 3 is 2.41 bits per heavy atom. The van der Waals surface area contributed by atoms with Crippen molar-refractivity contribution < 1.29 is 0 Å². The largest absolute Gasteiger partial charge is 0.375 e. The Morgan fingerprint density at radius 1 is 1.12 bits per heavy atom. The smallest absolute Gasteiger partial charge is 0.190 e. The van der Waals surface area contributed by atoms with Gasteiger partial charge in [-0.3, -0.25) is 5.43 Å². The minimum atomic E-state index is 0.111. The van der Waals surface area contributed by atoms with E-state index in [1.807, 2.05) is 61.5 Å². The lowest BCUT2D eigenvalue weighted by Crippen LogP contribution is -2.25. The van der Waals surface area contributed by atoms with Gasteiger partial charge in [0.1, 0.15) is 11.6 Å². The van der Waals surface area contributed by atoms with Crippen molar-refractivity contribution >= 4 is 46.3 Å². The molecule has 2 aromatic carbocycles. The van der Waals surface area contributed by atoms with Crippen LogP contribution in [0.25, 0.3) is 11.3 Å². The Bertz CT molecular complexity index is 1170. The monoisotopic (exact) mass is 461 g/mol. The second kappa shape index (κ2) is 10.7. The van der Waals surface area contributed by atoms with Crippen LogP contribution >= 0.6 is 24.0 Å². The molecule has 0 aliphatic rings. The number of benzene rings is 2. The molecule has 1 heterocycles. The zero-order valence-corrected chi connectivity index (χ0v) is 19.6. The Kier molecular flexibility index (Phi) is 7.76. The predicted octanol–water partition coefficient (Wildman–Crippen LogP) is 4.82. The van der Waals surface area contributed by atoms with Gasteiger partial charge in [0, 0.05) is 16.5 Å². The van der Waals surface area contributed by atoms with Crippen molar-refractivity contribution in [3.63, 3.8) is 0 Å². The second-order valence-electron chi connectivity index (χ2n) is 7.10. The number of nitrogens with zero attached hydrogens (tertiary/aromatic N) is 4. The van der Waals surface area contributed by atoms with E-state index in [9.17, 15) is 5.26 Å². The van der Waals surface area contributed by atoms with Crippen LogP contribution < -0.4 is 16.5 Å². The summed E-state index contributed by atoms with van der Waals surface area (Å²) in [7, 11) is 0. The van der Waals surface area contributed by atoms with E-state index in [-0.39, 0.29) is 5.11 Å². The Hall–Kier alpha value is -3.48. The number of hydrazone groups is 1. The summed E-state index contributed by atoms with van der Waals surface area (Å²) in [5, 5.41) is 18.4. The Balaban J connectivity index is 1.97. The summed E-state index contributed by atoms with van der Waals surface area (Å²) in [6.07, 6.45) is 0. The van der Waals surface area contributed by atoms with Crippen LogP contribution in [0.3, 0.4) is 0 Å². The molecule has 0 atom stereocenters. The average molecular weight is 462 g/mol. The maximum atomic E-state index is 9.91. The molecule has 3 rings (SSSR count). The third-order valence-electron chi connectivity index (χ3n) is 4.29. The first-order valence-corrected chi connectivity index (χ1v) is 11.2. The summed E-state index contributed by atoms with van der Waals surface area (Å²) < 4.78 is 0. The second-order valence-corrected chi connectivity index (χ2v) is 9.08. The first-order valence-electron chi connectivity index (χ1n) is 9.88. The number of nitrogens with two attached hydrogens (primary N) is 1. The third kappa shape index (κ3) is 6.03. The minimum absolute atomic E-state index is 0.111. The van der Waals surface area contributed by atoms with Gasteiger partial charge in [0.25, 0.3) is 0 Å². The minimum Gasteiger partial charge on any atom is -0.375 e. The molecule has 0 unspecified atom stereocenters. The SMILES string of the molecule is C/C(=N\NC(N)=S)c1ccc(Nc2nc(SC(C)C)nc(-c3ccccc3)c2C#N)cc1. The molecule has 0 amide bonds. The summed E-state index contributed by atoms with van der Waals surface area (Å²) in [5.74, 6) is 0.470. The van der Waals surface area contributed by atoms with Gasteiger partial charge in [0.2, 0.25) is 0 Å². The number of nitriles is 1. The average Bonchev–Trinajstić information content (AvgIpc) is 2.78. The molecule has 0 saturated heterocycles. The topological polar surface area (TPSA) is 112 Å². The highest BCUT2D eigenvalue weighted by Crippen LogP contribution is 2.31. The van der Waals surface area contributed by atoms with Crippen LogP contribution in [-0.2, 0) is 0 Å². The van der Waals surface area contributed by atoms with Gasteiger partial charge >= 0.3 is 0 Å². The quantitative estimate of drug-likeness (QED) is 0.151. The van der Waals surface area contributed by atoms with Crippen LogP contribution in [0.5, 0.6) is 0 Å². The molecule has 9 heteroatoms. The molecule has 0 saturated carbocycles. The first-order chi connectivity index (χ1) is 15.4. The molecular weight excluding hydrogens is 438 g/mol. The molecule has 0 radical (unpaired) electrons. The van der Waals surface area contributed by atoms with Gasteiger partial charge in [-0.2, -0.15) is 10.4 Å². The summed E-state index contributed by atoms with van der Waals surface area (Å²) in [4.78, 5) is 9.30. The highest BCUT2D eigenvalue weighted by Gasteiger charge is 2.17. The zero-order valence-electron chi connectivity index (χ0n) is 18.0. The molecule has 0 spiro atoms. The van der Waals surface area contributed by atoms with E-state index in [1.54, 1.807) is 11.8 Å². The molecule has 7 nitrogen and oxygen atoms in total. The Morgan fingerprint density at radius 2 is 1.81 bits per heavy atom. The predicted molar refractivity (Wildman–Crippen MR) is 135 cm³/mol. The van der Waals surface area contributed by atoms with E-state index in [0.717, 1.165) is 22.5 Å². The maximum absolute atomic E-state index is 9.91. The van der Waals surface area contributed by atoms with E-state index >= 15 is 0 Å². The molecule has 3 aromatic rings. The van der Waals surface area contributed by atoms with E-state index in [1.165, 1.54) is 0 Å². The van der Waals surface area contributed by atoms with Gasteiger partial charge in [-0.1, -0.05) is 68.1 Å². The third-order valence-corrected chi connectivity index (χ3v) is 5.24. The first kappa shape index (κ1) is 23.2. The molecule has 0 aliphatic heterocycles. The molecule has 162 valence electrons. The number of nitrogens with one attached hydrogen (secondary N) is 2. The van der Waals surface area contributed by atoms with Crippen molar-refractivity contribution in [1.29, 1.82) is 5.26 Å². The van der Waals surface area contributed by atoms with Crippen LogP contribution in [-0.4, -0.2) is 26.0 Å². The van der Waals surface area contributed by atoms with Crippen LogP contribution in [0.15, 0.2) is 64.9 Å². The highest BCUT2D eigenvalue weighted by molar-refractivity contribution is 7.99. The number of hydrogen-bond donors (Lipinski definition) is 3. The number of hydrogen-bond acceptors (Lipinski definition) is 7. The van der Waals surface area contributed by atoms with Crippen molar-refractivity contribution in [3.8, 4) is 17.3 Å². The standard InChI is InChI=1S/C23H23N7S2/c1-14(2)32-23-27-20(17-7-5-4-6-8-17)19(13-24)21(28-23)26-18-11-9-16(10-12-18)15(3)29-30-22(25)31/h4-12,14H,1-3H3,(H3,25,30,31)(H,26,27,28)/b29-15+. The molecule has 4 N–H and O–H groups in total. The van der Waals surface area contributed by atoms with Crippen LogP contribution in [0.4, 0.5) is 11.5 Å². The van der Waals surface area contributed by atoms with Crippen molar-refractivity contribution in [1.82, 2.24) is 15.4 Å². The van der Waals surface area contributed by atoms with Gasteiger partial charge < -0.3 is 11.1 Å². The summed E-state index contributed by atoms with van der Waals surface area (Å²) in [6.45, 7) is 6.01. The van der Waals surface area contributed by atoms with Gasteiger partial charge in [-0.05, 0) is 36.8 Å². The normalized spacial score (nSPS) is 11.2. The lowest BCUT2D eigenvalue weighted by atomic mass is 10.1. The zero-order chi connectivity index (χ0) is 23.1. The summed E-state index contributed by atoms with van der Waals surface area (Å²) >= 11 is 6.32. The molecular formula is C23H23N7S2. The van der Waals surface area contributed by atoms with E-state index < -0.39 is 0 Å². The van der Waals surface area contributed by atoms with Crippen LogP contribution in [0.1, 0.15) is 31.9 Å². The van der Waals surface area contributed by atoms with Crippen molar-refractivity contribution in [2.45, 2.75) is 31.2 Å². The molecule has 0 bridgehead atoms. The number of thioether (sulfide) groups is 1. The van der Waals surface area contributed by atoms with Crippen molar-refractivity contribution in [2.24, 2.45) is 10.8 Å². The molecule has 0 aliphatic carbocycles. The fraction of sp³-hybridized carbons (Fsp3) is 0.174. The maximum Gasteiger partial charge on any atom is 0.190 e. The van der Waals surface area contributed by atoms with Crippen LogP contribution in [0, 0.1) is 11.3 Å². The van der Waals surface area contributed by atoms with Gasteiger partial charge in [0.15, 0.2) is 16.1 Å². The Labute approximate surface area is 197 Å². The van der Waals surface area contributed by atoms with Gasteiger partial charge in [0.05, 0.1) is 11.4 Å². The number of rotatable bonds is 7. The fourth-order valence-electron chi connectivity index (χ4n) is 2.84. The lowest BCUT2D eigenvalue weighted by molar-refractivity contribution is 0.958. The van der Waals surface area contributed by atoms with E-state index in [4.69, 9.17) is 18.0 Å². The number of anilines is 2. The lowest BCUT2D eigenvalue weighted by Gasteiger charge is -2.14. The van der Waals surface area contributed by atoms with Crippen molar-refractivity contribution in [3.05, 3.63) is 65.7 Å². The number of aromatic nitrogens is 2. The van der Waals surface area contributed by atoms with Crippen LogP contribution in [0.2, 0.25) is 0 Å². The highest BCUT2D eigenvalue weighted by atomic mass is 32.2.